The molecule has 0 saturated heterocycles. The fraction of sp³-hybridized carbons (Fsp3) is 0.412. The molecule has 3 aromatic rings. The minimum atomic E-state index is -0.0624. The molecule has 7 heteroatoms. The van der Waals surface area contributed by atoms with Gasteiger partial charge in [-0.1, -0.05) is 22.8 Å². The molecule has 1 aliphatic rings. The molecule has 0 amide bonds. The number of aryl methyl sites for hydroxylation is 1. The van der Waals surface area contributed by atoms with Crippen LogP contribution >= 0.6 is 24.0 Å². The molecule has 4 rings (SSSR count). The topological polar surface area (TPSA) is 74.0 Å². The average Bonchev–Trinajstić information content (AvgIpc) is 2.90. The minimum Gasteiger partial charge on any atom is -0.360 e. The molecule has 1 saturated carbocycles. The summed E-state index contributed by atoms with van der Waals surface area (Å²) in [5, 5.41) is 5.95. The zero-order chi connectivity index (χ0) is 16.1. The van der Waals surface area contributed by atoms with Crippen molar-refractivity contribution in [2.45, 2.75) is 44.7 Å². The van der Waals surface area contributed by atoms with Gasteiger partial charge in [0.05, 0.1) is 10.5 Å². The Morgan fingerprint density at radius 1 is 1.33 bits per heavy atom. The highest BCUT2D eigenvalue weighted by atomic mass is 35.5. The number of nitrogens with two attached hydrogens (primary N) is 1. The summed E-state index contributed by atoms with van der Waals surface area (Å²) in [7, 11) is 0. The second-order valence-electron chi connectivity index (χ2n) is 6.35. The van der Waals surface area contributed by atoms with E-state index in [9.17, 15) is 4.79 Å². The summed E-state index contributed by atoms with van der Waals surface area (Å²) in [6, 6.07) is 5.82. The summed E-state index contributed by atoms with van der Waals surface area (Å²) in [4.78, 5) is 13.1. The van der Waals surface area contributed by atoms with E-state index in [-0.39, 0.29) is 30.0 Å². The van der Waals surface area contributed by atoms with Crippen molar-refractivity contribution < 1.29 is 4.52 Å². The van der Waals surface area contributed by atoms with E-state index in [1.165, 1.54) is 0 Å². The van der Waals surface area contributed by atoms with Crippen molar-refractivity contribution in [3.63, 3.8) is 0 Å². The van der Waals surface area contributed by atoms with Crippen LogP contribution in [0.1, 0.15) is 37.5 Å². The van der Waals surface area contributed by atoms with Crippen LogP contribution in [0.3, 0.4) is 0 Å². The van der Waals surface area contributed by atoms with Crippen molar-refractivity contribution in [3.8, 4) is 0 Å². The summed E-state index contributed by atoms with van der Waals surface area (Å²) in [5.41, 5.74) is 7.43. The molecule has 128 valence electrons. The van der Waals surface area contributed by atoms with Crippen LogP contribution in [0.15, 0.2) is 27.5 Å². The average molecular weight is 368 g/mol. The molecule has 0 bridgehead atoms. The van der Waals surface area contributed by atoms with Crippen LogP contribution in [0.4, 0.5) is 0 Å². The fourth-order valence-corrected chi connectivity index (χ4v) is 4.03. The van der Waals surface area contributed by atoms with Gasteiger partial charge in [0.1, 0.15) is 16.7 Å². The Bertz CT molecular complexity index is 964. The third-order valence-electron chi connectivity index (χ3n) is 4.84. The molecule has 2 heterocycles. The number of nitrogens with zero attached hydrogens (tertiary/aromatic N) is 2. The molecule has 0 aliphatic heterocycles. The van der Waals surface area contributed by atoms with E-state index in [1.54, 1.807) is 6.92 Å². The Hall–Kier alpha value is -1.56. The van der Waals surface area contributed by atoms with Gasteiger partial charge in [-0.15, -0.1) is 12.4 Å². The third-order valence-corrected chi connectivity index (χ3v) is 5.15. The number of benzene rings is 1. The Kier molecular flexibility index (Phi) is 4.60. The van der Waals surface area contributed by atoms with Gasteiger partial charge in [0.25, 0.3) is 5.56 Å². The predicted molar refractivity (Wildman–Crippen MR) is 98.3 cm³/mol. The van der Waals surface area contributed by atoms with Gasteiger partial charge in [0.15, 0.2) is 0 Å². The highest BCUT2D eigenvalue weighted by molar-refractivity contribution is 6.37. The number of halogens is 2. The molecule has 1 aliphatic carbocycles. The number of aromatic nitrogens is 2. The number of hydrogen-bond acceptors (Lipinski definition) is 4. The summed E-state index contributed by atoms with van der Waals surface area (Å²) < 4.78 is 7.13. The van der Waals surface area contributed by atoms with Gasteiger partial charge in [0.2, 0.25) is 0 Å². The van der Waals surface area contributed by atoms with Crippen LogP contribution in [0.2, 0.25) is 5.02 Å². The molecule has 1 aromatic carbocycles. The summed E-state index contributed by atoms with van der Waals surface area (Å²) in [5.74, 6) is 0.528. The molecule has 2 aromatic heterocycles. The zero-order valence-electron chi connectivity index (χ0n) is 13.3. The quantitative estimate of drug-likeness (QED) is 0.705. The minimum absolute atomic E-state index is 0. The van der Waals surface area contributed by atoms with Crippen molar-refractivity contribution in [1.29, 1.82) is 0 Å². The van der Waals surface area contributed by atoms with Gasteiger partial charge in [-0.2, -0.15) is 0 Å². The molecule has 1 fully saturated rings. The van der Waals surface area contributed by atoms with Crippen molar-refractivity contribution in [3.05, 3.63) is 39.3 Å². The molecule has 24 heavy (non-hydrogen) atoms. The van der Waals surface area contributed by atoms with Gasteiger partial charge in [0, 0.05) is 17.5 Å². The SMILES string of the molecule is Cc1onc2c1c(=O)n([C@H]1CCC[C@@H](N)C1)c1cccc(Cl)c21.Cl. The maximum absolute atomic E-state index is 13.1. The van der Waals surface area contributed by atoms with Gasteiger partial charge in [-0.05, 0) is 44.7 Å². The fourth-order valence-electron chi connectivity index (χ4n) is 3.77. The van der Waals surface area contributed by atoms with Crippen LogP contribution in [0.25, 0.3) is 21.8 Å². The molecule has 5 nitrogen and oxygen atoms in total. The summed E-state index contributed by atoms with van der Waals surface area (Å²) in [6.07, 6.45) is 3.79. The third kappa shape index (κ3) is 2.51. The molecule has 0 spiro atoms. The smallest absolute Gasteiger partial charge is 0.264 e. The molecule has 2 N–H and O–H groups in total. The molecular formula is C17H19Cl2N3O2. The monoisotopic (exact) mass is 367 g/mol. The van der Waals surface area contributed by atoms with E-state index in [1.807, 2.05) is 22.8 Å². The van der Waals surface area contributed by atoms with Crippen molar-refractivity contribution >= 4 is 45.8 Å². The molecule has 2 atom stereocenters. The molecular weight excluding hydrogens is 349 g/mol. The van der Waals surface area contributed by atoms with Crippen LogP contribution in [-0.2, 0) is 0 Å². The van der Waals surface area contributed by atoms with Crippen LogP contribution in [-0.4, -0.2) is 15.8 Å². The Morgan fingerprint density at radius 3 is 2.88 bits per heavy atom. The first-order valence-corrected chi connectivity index (χ1v) is 8.30. The van der Waals surface area contributed by atoms with Crippen LogP contribution in [0, 0.1) is 6.92 Å². The number of pyridine rings is 1. The van der Waals surface area contributed by atoms with E-state index >= 15 is 0 Å². The largest absolute Gasteiger partial charge is 0.360 e. The van der Waals surface area contributed by atoms with Gasteiger partial charge in [-0.25, -0.2) is 0 Å². The second kappa shape index (κ2) is 6.39. The Balaban J connectivity index is 0.00000169. The Morgan fingerprint density at radius 2 is 2.12 bits per heavy atom. The van der Waals surface area contributed by atoms with E-state index in [0.29, 0.717) is 21.7 Å². The van der Waals surface area contributed by atoms with Gasteiger partial charge in [-0.3, -0.25) is 4.79 Å². The predicted octanol–water partition coefficient (Wildman–Crippen LogP) is 3.97. The van der Waals surface area contributed by atoms with Crippen molar-refractivity contribution in [2.75, 3.05) is 0 Å². The highest BCUT2D eigenvalue weighted by Gasteiger charge is 2.26. The van der Waals surface area contributed by atoms with E-state index < -0.39 is 0 Å². The number of rotatable bonds is 1. The summed E-state index contributed by atoms with van der Waals surface area (Å²) in [6.45, 7) is 1.76. The van der Waals surface area contributed by atoms with Crippen LogP contribution < -0.4 is 11.3 Å². The normalized spacial score (nSPS) is 21.1. The zero-order valence-corrected chi connectivity index (χ0v) is 14.9. The number of hydrogen-bond donors (Lipinski definition) is 1. The first kappa shape index (κ1) is 17.3. The lowest BCUT2D eigenvalue weighted by Gasteiger charge is -2.29. The lowest BCUT2D eigenvalue weighted by molar-refractivity contribution is 0.321. The van der Waals surface area contributed by atoms with E-state index in [2.05, 4.69) is 5.16 Å². The highest BCUT2D eigenvalue weighted by Crippen LogP contribution is 2.34. The van der Waals surface area contributed by atoms with Crippen molar-refractivity contribution in [1.82, 2.24) is 9.72 Å². The maximum atomic E-state index is 13.1. The van der Waals surface area contributed by atoms with Crippen molar-refractivity contribution in [2.24, 2.45) is 5.73 Å². The molecule has 0 radical (unpaired) electrons. The first-order chi connectivity index (χ1) is 11.1. The van der Waals surface area contributed by atoms with Gasteiger partial charge < -0.3 is 14.8 Å². The number of fused-ring (bicyclic) bond motifs is 3. The first-order valence-electron chi connectivity index (χ1n) is 7.92. The second-order valence-corrected chi connectivity index (χ2v) is 6.76. The maximum Gasteiger partial charge on any atom is 0.264 e. The Labute approximate surface area is 150 Å². The summed E-state index contributed by atoms with van der Waals surface area (Å²) >= 11 is 6.42. The van der Waals surface area contributed by atoms with Gasteiger partial charge >= 0.3 is 0 Å². The standard InChI is InChI=1S/C17H18ClN3O2.ClH/c1-9-14-16(20-23-9)15-12(18)6-3-7-13(15)21(17(14)22)11-5-2-4-10(19)8-11;/h3,6-7,10-11H,2,4-5,8,19H2,1H3;1H/t10-,11+;/m1./s1. The van der Waals surface area contributed by atoms with E-state index in [0.717, 1.165) is 36.6 Å². The van der Waals surface area contributed by atoms with E-state index in [4.69, 9.17) is 21.9 Å². The lowest BCUT2D eigenvalue weighted by Crippen LogP contribution is -2.34. The molecule has 0 unspecified atom stereocenters. The lowest BCUT2D eigenvalue weighted by atomic mass is 9.91. The van der Waals surface area contributed by atoms with Crippen LogP contribution in [0.5, 0.6) is 0 Å².